The highest BCUT2D eigenvalue weighted by Crippen LogP contribution is 2.32. The molecule has 1 unspecified atom stereocenters. The Labute approximate surface area is 87.9 Å². The second kappa shape index (κ2) is 3.09. The van der Waals surface area contributed by atoms with Crippen molar-refractivity contribution >= 4 is 22.7 Å². The van der Waals surface area contributed by atoms with Crippen LogP contribution in [0.5, 0.6) is 0 Å². The fourth-order valence-electron chi connectivity index (χ4n) is 2.24. The van der Waals surface area contributed by atoms with Gasteiger partial charge in [0.05, 0.1) is 6.04 Å². The summed E-state index contributed by atoms with van der Waals surface area (Å²) >= 11 is 0. The zero-order valence-electron chi connectivity index (χ0n) is 8.23. The fourth-order valence-corrected chi connectivity index (χ4v) is 2.24. The molecular weight excluding hydrogens is 186 g/mol. The number of nitrogens with one attached hydrogen (secondary N) is 1. The van der Waals surface area contributed by atoms with Crippen molar-refractivity contribution in [1.82, 2.24) is 0 Å². The van der Waals surface area contributed by atoms with E-state index in [1.54, 1.807) is 0 Å². The predicted molar refractivity (Wildman–Crippen MR) is 61.1 cm³/mol. The molecule has 2 nitrogen and oxygen atoms in total. The second-order valence-corrected chi connectivity index (χ2v) is 3.90. The third-order valence-electron chi connectivity index (χ3n) is 2.97. The number of hydrogen-bond acceptors (Lipinski definition) is 2. The topological polar surface area (TPSA) is 29.1 Å². The number of benzene rings is 2. The monoisotopic (exact) mass is 197 g/mol. The van der Waals surface area contributed by atoms with E-state index in [2.05, 4.69) is 29.6 Å². The summed E-state index contributed by atoms with van der Waals surface area (Å²) in [7, 11) is 0. The molecule has 0 saturated carbocycles. The Hall–Kier alpha value is -1.83. The lowest BCUT2D eigenvalue weighted by atomic mass is 10.0. The largest absolute Gasteiger partial charge is 0.375 e. The van der Waals surface area contributed by atoms with Crippen LogP contribution in [0.1, 0.15) is 5.56 Å². The Morgan fingerprint density at radius 1 is 1.20 bits per heavy atom. The highest BCUT2D eigenvalue weighted by molar-refractivity contribution is 5.92. The molecule has 0 aliphatic carbocycles. The van der Waals surface area contributed by atoms with Gasteiger partial charge >= 0.3 is 0 Å². The van der Waals surface area contributed by atoms with Crippen molar-refractivity contribution in [1.29, 1.82) is 0 Å². The first kappa shape index (κ1) is 8.48. The molecule has 3 rings (SSSR count). The van der Waals surface area contributed by atoms with Gasteiger partial charge in [-0.3, -0.25) is 0 Å². The van der Waals surface area contributed by atoms with Crippen LogP contribution in [0.25, 0.3) is 10.8 Å². The zero-order chi connectivity index (χ0) is 10.3. The molecule has 2 aromatic rings. The number of carbonyl (C=O) groups is 1. The molecule has 1 N–H and O–H groups in total. The molecular formula is C13H11NO. The van der Waals surface area contributed by atoms with Crippen LogP contribution in [0.4, 0.5) is 5.69 Å². The van der Waals surface area contributed by atoms with E-state index >= 15 is 0 Å². The van der Waals surface area contributed by atoms with Crippen LogP contribution >= 0.6 is 0 Å². The summed E-state index contributed by atoms with van der Waals surface area (Å²) in [5.74, 6) is 0. The number of aldehydes is 1. The van der Waals surface area contributed by atoms with Gasteiger partial charge in [0.2, 0.25) is 0 Å². The summed E-state index contributed by atoms with van der Waals surface area (Å²) in [5.41, 5.74) is 2.37. The van der Waals surface area contributed by atoms with Gasteiger partial charge < -0.3 is 10.1 Å². The zero-order valence-corrected chi connectivity index (χ0v) is 8.23. The summed E-state index contributed by atoms with van der Waals surface area (Å²) in [4.78, 5) is 10.7. The van der Waals surface area contributed by atoms with Crippen molar-refractivity contribution in [3.8, 4) is 0 Å². The van der Waals surface area contributed by atoms with E-state index < -0.39 is 0 Å². The molecule has 1 heterocycles. The molecule has 0 radical (unpaired) electrons. The van der Waals surface area contributed by atoms with Crippen molar-refractivity contribution in [2.24, 2.45) is 0 Å². The molecule has 0 aromatic heterocycles. The summed E-state index contributed by atoms with van der Waals surface area (Å²) in [6.07, 6.45) is 1.79. The van der Waals surface area contributed by atoms with Crippen LogP contribution in [-0.2, 0) is 11.2 Å². The molecule has 2 aromatic carbocycles. The normalized spacial score (nSPS) is 18.5. The minimum absolute atomic E-state index is 0.0502. The second-order valence-electron chi connectivity index (χ2n) is 3.90. The summed E-state index contributed by atoms with van der Waals surface area (Å²) in [5, 5.41) is 5.70. The first-order valence-electron chi connectivity index (χ1n) is 5.11. The van der Waals surface area contributed by atoms with Gasteiger partial charge in [-0.1, -0.05) is 30.3 Å². The Morgan fingerprint density at radius 3 is 2.93 bits per heavy atom. The Balaban J connectivity index is 2.24. The van der Waals surface area contributed by atoms with E-state index in [-0.39, 0.29) is 6.04 Å². The third kappa shape index (κ3) is 1.22. The third-order valence-corrected chi connectivity index (χ3v) is 2.97. The van der Waals surface area contributed by atoms with Crippen molar-refractivity contribution in [3.05, 3.63) is 42.0 Å². The van der Waals surface area contributed by atoms with E-state index in [1.165, 1.54) is 16.3 Å². The van der Waals surface area contributed by atoms with E-state index in [0.29, 0.717) is 0 Å². The average molecular weight is 197 g/mol. The van der Waals surface area contributed by atoms with Gasteiger partial charge in [0.15, 0.2) is 0 Å². The van der Waals surface area contributed by atoms with Crippen LogP contribution < -0.4 is 5.32 Å². The number of anilines is 1. The standard InChI is InChI=1S/C13H11NO/c15-8-10-7-12-11-4-2-1-3-9(11)5-6-13(12)14-10/h1-6,8,10,14H,7H2. The van der Waals surface area contributed by atoms with Gasteiger partial charge in [0.1, 0.15) is 6.29 Å². The smallest absolute Gasteiger partial charge is 0.142 e. The quantitative estimate of drug-likeness (QED) is 0.711. The lowest BCUT2D eigenvalue weighted by Gasteiger charge is -2.03. The minimum atomic E-state index is -0.0502. The average Bonchev–Trinajstić information content (AvgIpc) is 2.72. The molecule has 15 heavy (non-hydrogen) atoms. The van der Waals surface area contributed by atoms with Gasteiger partial charge in [0.25, 0.3) is 0 Å². The number of rotatable bonds is 1. The summed E-state index contributed by atoms with van der Waals surface area (Å²) in [6, 6.07) is 12.4. The molecule has 0 fully saturated rings. The molecule has 0 bridgehead atoms. The Kier molecular flexibility index (Phi) is 1.75. The minimum Gasteiger partial charge on any atom is -0.375 e. The van der Waals surface area contributed by atoms with E-state index in [4.69, 9.17) is 0 Å². The van der Waals surface area contributed by atoms with Crippen molar-refractivity contribution in [2.75, 3.05) is 5.32 Å². The predicted octanol–water partition coefficient (Wildman–Crippen LogP) is 2.38. The molecule has 2 heteroatoms. The maximum absolute atomic E-state index is 10.7. The maximum Gasteiger partial charge on any atom is 0.142 e. The highest BCUT2D eigenvalue weighted by atomic mass is 16.1. The van der Waals surface area contributed by atoms with Crippen LogP contribution in [0.15, 0.2) is 36.4 Å². The van der Waals surface area contributed by atoms with Gasteiger partial charge in [-0.15, -0.1) is 0 Å². The summed E-state index contributed by atoms with van der Waals surface area (Å²) < 4.78 is 0. The maximum atomic E-state index is 10.7. The van der Waals surface area contributed by atoms with Crippen LogP contribution in [0, 0.1) is 0 Å². The Morgan fingerprint density at radius 2 is 2.07 bits per heavy atom. The van der Waals surface area contributed by atoms with Crippen LogP contribution in [0.3, 0.4) is 0 Å². The van der Waals surface area contributed by atoms with Gasteiger partial charge in [-0.2, -0.15) is 0 Å². The van der Waals surface area contributed by atoms with E-state index in [1.807, 2.05) is 12.1 Å². The molecule has 0 amide bonds. The van der Waals surface area contributed by atoms with E-state index in [0.717, 1.165) is 18.4 Å². The van der Waals surface area contributed by atoms with Crippen LogP contribution in [0.2, 0.25) is 0 Å². The van der Waals surface area contributed by atoms with Crippen molar-refractivity contribution < 1.29 is 4.79 Å². The molecule has 0 saturated heterocycles. The SMILES string of the molecule is O=CC1Cc2c(ccc3ccccc23)N1. The number of hydrogen-bond donors (Lipinski definition) is 1. The lowest BCUT2D eigenvalue weighted by Crippen LogP contribution is -2.16. The summed E-state index contributed by atoms with van der Waals surface area (Å²) in [6.45, 7) is 0. The highest BCUT2D eigenvalue weighted by Gasteiger charge is 2.21. The van der Waals surface area contributed by atoms with Gasteiger partial charge in [0, 0.05) is 12.1 Å². The molecule has 0 spiro atoms. The molecule has 1 atom stereocenters. The van der Waals surface area contributed by atoms with Gasteiger partial charge in [-0.25, -0.2) is 0 Å². The molecule has 1 aliphatic heterocycles. The number of fused-ring (bicyclic) bond motifs is 3. The first-order valence-corrected chi connectivity index (χ1v) is 5.11. The number of carbonyl (C=O) groups excluding carboxylic acids is 1. The fraction of sp³-hybridized carbons (Fsp3) is 0.154. The Bertz CT molecular complexity index is 533. The van der Waals surface area contributed by atoms with E-state index in [9.17, 15) is 4.79 Å². The molecule has 1 aliphatic rings. The van der Waals surface area contributed by atoms with Gasteiger partial charge in [-0.05, 0) is 22.4 Å². The van der Waals surface area contributed by atoms with Crippen molar-refractivity contribution in [3.63, 3.8) is 0 Å². The van der Waals surface area contributed by atoms with Crippen molar-refractivity contribution in [2.45, 2.75) is 12.5 Å². The molecule has 74 valence electrons. The lowest BCUT2D eigenvalue weighted by molar-refractivity contribution is -0.108. The van der Waals surface area contributed by atoms with Crippen LogP contribution in [-0.4, -0.2) is 12.3 Å². The first-order chi connectivity index (χ1) is 7.38.